The van der Waals surface area contributed by atoms with Crippen LogP contribution in [-0.4, -0.2) is 30.4 Å². The van der Waals surface area contributed by atoms with Crippen LogP contribution < -0.4 is 5.32 Å². The minimum Gasteiger partial charge on any atom is -0.478 e. The molecular formula is C30H25FN6O2. The number of aromatic nitrogens is 4. The maximum atomic E-state index is 13.4. The Labute approximate surface area is 224 Å². The van der Waals surface area contributed by atoms with Crippen LogP contribution in [-0.2, 0) is 19.5 Å². The van der Waals surface area contributed by atoms with Gasteiger partial charge in [0, 0.05) is 11.8 Å². The van der Waals surface area contributed by atoms with Crippen molar-refractivity contribution in [3.05, 3.63) is 113 Å². The lowest BCUT2D eigenvalue weighted by molar-refractivity contribution is 0.0695. The quantitative estimate of drug-likeness (QED) is 0.253. The van der Waals surface area contributed by atoms with Crippen molar-refractivity contribution in [1.29, 1.82) is 5.26 Å². The lowest BCUT2D eigenvalue weighted by atomic mass is 9.98. The van der Waals surface area contributed by atoms with E-state index in [-0.39, 0.29) is 11.6 Å². The fourth-order valence-electron chi connectivity index (χ4n) is 4.55. The van der Waals surface area contributed by atoms with E-state index in [0.29, 0.717) is 40.5 Å². The Morgan fingerprint density at radius 3 is 2.56 bits per heavy atom. The Bertz CT molecular complexity index is 1690. The minimum absolute atomic E-state index is 0.132. The van der Waals surface area contributed by atoms with Crippen LogP contribution in [0.1, 0.15) is 51.1 Å². The standard InChI is InChI=1S/C30H25FN6O2/c1-19(21-11-8-20(9-12-21)10-13-22-5-2-3-7-25(22)29(38)39)35-30-34-17-24(16-32)27(36-30)26-18-33-28-23(15-31)6-4-14-37(26)28/h2-9,11-12,14,17-19H,10,13,15H2,1H3,(H,38,39)(H,34,35,36)/t19-/m0/s1. The first kappa shape index (κ1) is 25.5. The third-order valence-electron chi connectivity index (χ3n) is 6.67. The number of carbonyl (C=O) groups is 1. The number of benzene rings is 2. The molecule has 0 spiro atoms. The predicted octanol–water partition coefficient (Wildman–Crippen LogP) is 5.79. The van der Waals surface area contributed by atoms with Crippen LogP contribution in [0, 0.1) is 11.3 Å². The van der Waals surface area contributed by atoms with E-state index < -0.39 is 12.6 Å². The van der Waals surface area contributed by atoms with Crippen molar-refractivity contribution < 1.29 is 14.3 Å². The summed E-state index contributed by atoms with van der Waals surface area (Å²) < 4.78 is 15.1. The lowest BCUT2D eigenvalue weighted by Gasteiger charge is -2.16. The van der Waals surface area contributed by atoms with Gasteiger partial charge in [-0.3, -0.25) is 4.40 Å². The number of nitrogens with zero attached hydrogens (tertiary/aromatic N) is 5. The highest BCUT2D eigenvalue weighted by Gasteiger charge is 2.17. The fraction of sp³-hybridized carbons (Fsp3) is 0.167. The molecule has 9 heteroatoms. The fourth-order valence-corrected chi connectivity index (χ4v) is 4.55. The number of hydrogen-bond donors (Lipinski definition) is 2. The molecule has 0 saturated carbocycles. The number of anilines is 1. The molecule has 0 aliphatic heterocycles. The minimum atomic E-state index is -0.917. The van der Waals surface area contributed by atoms with Gasteiger partial charge in [0.05, 0.1) is 35.3 Å². The van der Waals surface area contributed by atoms with E-state index in [0.717, 1.165) is 23.1 Å². The maximum absolute atomic E-state index is 13.4. The number of hydrogen-bond acceptors (Lipinski definition) is 6. The predicted molar refractivity (Wildman–Crippen MR) is 145 cm³/mol. The van der Waals surface area contributed by atoms with Crippen LogP contribution >= 0.6 is 0 Å². The van der Waals surface area contributed by atoms with E-state index in [1.165, 1.54) is 6.20 Å². The Balaban J connectivity index is 1.32. The molecule has 8 nitrogen and oxygen atoms in total. The van der Waals surface area contributed by atoms with Gasteiger partial charge in [0.2, 0.25) is 5.95 Å². The summed E-state index contributed by atoms with van der Waals surface area (Å²) in [6.45, 7) is 1.34. The molecule has 0 saturated heterocycles. The molecule has 2 aromatic carbocycles. The SMILES string of the molecule is C[C@H](Nc1ncc(C#N)c(-c2cnc3c(CF)cccn23)n1)c1ccc(CCc2ccccc2C(=O)O)cc1. The number of nitrogens with one attached hydrogen (secondary N) is 1. The number of rotatable bonds is 9. The van der Waals surface area contributed by atoms with Crippen LogP contribution in [0.5, 0.6) is 0 Å². The molecule has 0 radical (unpaired) electrons. The van der Waals surface area contributed by atoms with Crippen molar-refractivity contribution >= 4 is 17.6 Å². The second-order valence-corrected chi connectivity index (χ2v) is 9.14. The molecule has 3 aromatic heterocycles. The lowest BCUT2D eigenvalue weighted by Crippen LogP contribution is -2.10. The normalized spacial score (nSPS) is 11.7. The van der Waals surface area contributed by atoms with E-state index in [1.54, 1.807) is 41.1 Å². The molecule has 0 unspecified atom stereocenters. The number of alkyl halides is 1. The second-order valence-electron chi connectivity index (χ2n) is 9.14. The summed E-state index contributed by atoms with van der Waals surface area (Å²) in [4.78, 5) is 24.7. The van der Waals surface area contributed by atoms with Crippen molar-refractivity contribution in [3.8, 4) is 17.5 Å². The highest BCUT2D eigenvalue weighted by molar-refractivity contribution is 5.89. The van der Waals surface area contributed by atoms with E-state index in [1.807, 2.05) is 43.3 Å². The third kappa shape index (κ3) is 5.31. The third-order valence-corrected chi connectivity index (χ3v) is 6.67. The number of carboxylic acid groups (broad SMARTS) is 1. The summed E-state index contributed by atoms with van der Waals surface area (Å²) in [5, 5.41) is 22.3. The van der Waals surface area contributed by atoms with Gasteiger partial charge >= 0.3 is 5.97 Å². The number of aryl methyl sites for hydroxylation is 2. The summed E-state index contributed by atoms with van der Waals surface area (Å²) in [5.41, 5.74) is 5.46. The maximum Gasteiger partial charge on any atom is 0.335 e. The summed E-state index contributed by atoms with van der Waals surface area (Å²) in [5.74, 6) is -0.567. The van der Waals surface area contributed by atoms with E-state index in [9.17, 15) is 19.6 Å². The highest BCUT2D eigenvalue weighted by atomic mass is 19.1. The molecule has 5 aromatic rings. The van der Waals surface area contributed by atoms with Crippen LogP contribution in [0.2, 0.25) is 0 Å². The van der Waals surface area contributed by atoms with Crippen molar-refractivity contribution in [2.24, 2.45) is 0 Å². The molecule has 3 heterocycles. The van der Waals surface area contributed by atoms with E-state index >= 15 is 0 Å². The first-order valence-corrected chi connectivity index (χ1v) is 12.4. The van der Waals surface area contributed by atoms with Gasteiger partial charge in [-0.1, -0.05) is 48.5 Å². The first-order chi connectivity index (χ1) is 19.0. The molecule has 0 bridgehead atoms. The summed E-state index contributed by atoms with van der Waals surface area (Å²) in [6.07, 6.45) is 6.16. The summed E-state index contributed by atoms with van der Waals surface area (Å²) in [6, 6.07) is 20.6. The smallest absolute Gasteiger partial charge is 0.335 e. The molecular weight excluding hydrogens is 495 g/mol. The zero-order valence-corrected chi connectivity index (χ0v) is 21.2. The van der Waals surface area contributed by atoms with Gasteiger partial charge in [0.15, 0.2) is 0 Å². The molecule has 1 atom stereocenters. The number of aromatic carboxylic acids is 1. The zero-order chi connectivity index (χ0) is 27.4. The molecule has 0 fully saturated rings. The number of pyridine rings is 1. The van der Waals surface area contributed by atoms with Gasteiger partial charge < -0.3 is 10.4 Å². The molecule has 39 heavy (non-hydrogen) atoms. The molecule has 0 aliphatic rings. The first-order valence-electron chi connectivity index (χ1n) is 12.4. The zero-order valence-electron chi connectivity index (χ0n) is 21.2. The van der Waals surface area contributed by atoms with Crippen molar-refractivity contribution in [1.82, 2.24) is 19.4 Å². The average molecular weight is 521 g/mol. The number of nitriles is 1. The topological polar surface area (TPSA) is 116 Å². The molecule has 5 rings (SSSR count). The van der Waals surface area contributed by atoms with Gasteiger partial charge in [-0.2, -0.15) is 5.26 Å². The van der Waals surface area contributed by atoms with Gasteiger partial charge in [-0.25, -0.2) is 24.1 Å². The Hall–Kier alpha value is -5.10. The van der Waals surface area contributed by atoms with E-state index in [2.05, 4.69) is 26.3 Å². The average Bonchev–Trinajstić information content (AvgIpc) is 3.40. The highest BCUT2D eigenvalue weighted by Crippen LogP contribution is 2.26. The van der Waals surface area contributed by atoms with Gasteiger partial charge in [-0.05, 0) is 48.6 Å². The number of fused-ring (bicyclic) bond motifs is 1. The molecule has 194 valence electrons. The van der Waals surface area contributed by atoms with Gasteiger partial charge in [0.1, 0.15) is 24.1 Å². The van der Waals surface area contributed by atoms with Crippen LogP contribution in [0.15, 0.2) is 79.3 Å². The largest absolute Gasteiger partial charge is 0.478 e. The van der Waals surface area contributed by atoms with Crippen LogP contribution in [0.4, 0.5) is 10.3 Å². The molecule has 0 aliphatic carbocycles. The Kier molecular flexibility index (Phi) is 7.28. The van der Waals surface area contributed by atoms with Gasteiger partial charge in [-0.15, -0.1) is 0 Å². The number of carboxylic acids is 1. The van der Waals surface area contributed by atoms with Crippen molar-refractivity contribution in [2.75, 3.05) is 5.32 Å². The molecule has 2 N–H and O–H groups in total. The van der Waals surface area contributed by atoms with Crippen LogP contribution in [0.3, 0.4) is 0 Å². The number of halogens is 1. The van der Waals surface area contributed by atoms with Crippen molar-refractivity contribution in [3.63, 3.8) is 0 Å². The Morgan fingerprint density at radius 2 is 1.82 bits per heavy atom. The number of imidazole rings is 1. The molecule has 0 amide bonds. The Morgan fingerprint density at radius 1 is 1.05 bits per heavy atom. The second kappa shape index (κ2) is 11.1. The van der Waals surface area contributed by atoms with Gasteiger partial charge in [0.25, 0.3) is 0 Å². The monoisotopic (exact) mass is 520 g/mol. The van der Waals surface area contributed by atoms with Crippen molar-refractivity contribution in [2.45, 2.75) is 32.5 Å². The van der Waals surface area contributed by atoms with Crippen LogP contribution in [0.25, 0.3) is 17.0 Å². The summed E-state index contributed by atoms with van der Waals surface area (Å²) >= 11 is 0. The summed E-state index contributed by atoms with van der Waals surface area (Å²) in [7, 11) is 0. The van der Waals surface area contributed by atoms with E-state index in [4.69, 9.17) is 0 Å².